The second-order valence-corrected chi connectivity index (χ2v) is 7.28. The number of pyridine rings is 1. The van der Waals surface area contributed by atoms with Crippen LogP contribution in [-0.2, 0) is 14.8 Å². The van der Waals surface area contributed by atoms with Crippen molar-refractivity contribution in [2.45, 2.75) is 13.0 Å². The normalized spacial score (nSPS) is 12.6. The number of nitrogens with zero attached hydrogens (tertiary/aromatic N) is 3. The van der Waals surface area contributed by atoms with Gasteiger partial charge in [-0.15, -0.1) is 0 Å². The molecule has 1 amide bonds. The Bertz CT molecular complexity index is 867. The van der Waals surface area contributed by atoms with Crippen LogP contribution in [0.25, 0.3) is 0 Å². The molecule has 2 aromatic rings. The number of sulfonamides is 1. The molecule has 0 saturated carbocycles. The van der Waals surface area contributed by atoms with Gasteiger partial charge in [0.1, 0.15) is 11.8 Å². The van der Waals surface area contributed by atoms with Crippen LogP contribution in [0, 0.1) is 0 Å². The number of methoxy groups -OCH3 is 1. The Kier molecular flexibility index (Phi) is 6.29. The Balaban J connectivity index is 2.16. The van der Waals surface area contributed by atoms with Crippen molar-refractivity contribution in [1.82, 2.24) is 10.4 Å². The van der Waals surface area contributed by atoms with Gasteiger partial charge in [0.05, 0.1) is 31.0 Å². The number of rotatable bonds is 7. The number of hydrogen-bond acceptors (Lipinski definition) is 6. The van der Waals surface area contributed by atoms with Crippen molar-refractivity contribution in [1.29, 1.82) is 0 Å². The molecule has 0 aliphatic heterocycles. The minimum absolute atomic E-state index is 0.352. The summed E-state index contributed by atoms with van der Waals surface area (Å²) in [6, 6.07) is 10.7. The Morgan fingerprint density at radius 3 is 2.50 bits per heavy atom. The summed E-state index contributed by atoms with van der Waals surface area (Å²) < 4.78 is 30.5. The molecule has 0 aliphatic carbocycles. The molecule has 9 heteroatoms. The van der Waals surface area contributed by atoms with E-state index in [2.05, 4.69) is 15.5 Å². The van der Waals surface area contributed by atoms with Crippen molar-refractivity contribution < 1.29 is 17.9 Å². The fraction of sp³-hybridized carbons (Fsp3) is 0.235. The molecular weight excluding hydrogens is 356 g/mol. The molecule has 1 atom stereocenters. The van der Waals surface area contributed by atoms with E-state index in [0.29, 0.717) is 17.1 Å². The average molecular weight is 376 g/mol. The number of benzene rings is 1. The molecule has 1 N–H and O–H groups in total. The molecule has 0 spiro atoms. The maximum Gasteiger partial charge on any atom is 0.263 e. The molecule has 138 valence electrons. The smallest absolute Gasteiger partial charge is 0.263 e. The summed E-state index contributed by atoms with van der Waals surface area (Å²) in [5, 5.41) is 3.82. The first-order valence-electron chi connectivity index (χ1n) is 7.70. The van der Waals surface area contributed by atoms with Crippen LogP contribution in [0.1, 0.15) is 12.6 Å². The van der Waals surface area contributed by atoms with Gasteiger partial charge in [0.2, 0.25) is 10.0 Å². The van der Waals surface area contributed by atoms with Crippen molar-refractivity contribution in [2.24, 2.45) is 5.10 Å². The predicted octanol–water partition coefficient (Wildman–Crippen LogP) is 1.39. The lowest BCUT2D eigenvalue weighted by atomic mass is 10.2. The number of carbonyl (C=O) groups is 1. The van der Waals surface area contributed by atoms with Gasteiger partial charge in [0.15, 0.2) is 0 Å². The zero-order valence-electron chi connectivity index (χ0n) is 14.7. The van der Waals surface area contributed by atoms with Crippen molar-refractivity contribution in [3.8, 4) is 5.75 Å². The third-order valence-corrected chi connectivity index (χ3v) is 4.72. The largest absolute Gasteiger partial charge is 0.497 e. The van der Waals surface area contributed by atoms with Gasteiger partial charge in [-0.25, -0.2) is 13.8 Å². The Labute approximate surface area is 152 Å². The van der Waals surface area contributed by atoms with E-state index in [1.807, 2.05) is 0 Å². The molecular formula is C17H20N4O4S. The van der Waals surface area contributed by atoms with E-state index in [-0.39, 0.29) is 0 Å². The van der Waals surface area contributed by atoms with Crippen LogP contribution < -0.4 is 14.5 Å². The van der Waals surface area contributed by atoms with Gasteiger partial charge >= 0.3 is 0 Å². The van der Waals surface area contributed by atoms with Crippen LogP contribution in [0.3, 0.4) is 0 Å². The predicted molar refractivity (Wildman–Crippen MR) is 99.8 cm³/mol. The van der Waals surface area contributed by atoms with E-state index in [0.717, 1.165) is 10.6 Å². The number of carbonyl (C=O) groups excluding carboxylic acids is 1. The van der Waals surface area contributed by atoms with E-state index in [1.54, 1.807) is 48.7 Å². The fourth-order valence-corrected chi connectivity index (χ4v) is 3.42. The van der Waals surface area contributed by atoms with E-state index >= 15 is 0 Å². The van der Waals surface area contributed by atoms with Gasteiger partial charge in [-0.1, -0.05) is 6.07 Å². The second-order valence-electron chi connectivity index (χ2n) is 5.42. The second kappa shape index (κ2) is 8.43. The lowest BCUT2D eigenvalue weighted by Gasteiger charge is -2.27. The van der Waals surface area contributed by atoms with E-state index in [9.17, 15) is 13.2 Å². The first-order valence-corrected chi connectivity index (χ1v) is 9.55. The van der Waals surface area contributed by atoms with Crippen molar-refractivity contribution in [2.75, 3.05) is 17.7 Å². The lowest BCUT2D eigenvalue weighted by Crippen LogP contribution is -2.46. The number of aromatic nitrogens is 1. The fourth-order valence-electron chi connectivity index (χ4n) is 2.25. The monoisotopic (exact) mass is 376 g/mol. The van der Waals surface area contributed by atoms with E-state index < -0.39 is 22.0 Å². The van der Waals surface area contributed by atoms with Crippen LogP contribution >= 0.6 is 0 Å². The van der Waals surface area contributed by atoms with Crippen LogP contribution in [0.15, 0.2) is 53.8 Å². The standard InChI is InChI=1S/C17H20N4O4S/c1-13(17(22)20-19-12-14-6-4-5-11-18-14)21(26(3,23)24)15-7-9-16(25-2)10-8-15/h4-13H,1-3H3,(H,20,22)/b19-12-/t13-/m1/s1. The summed E-state index contributed by atoms with van der Waals surface area (Å²) in [5.41, 5.74) is 3.25. The van der Waals surface area contributed by atoms with Gasteiger partial charge in [0, 0.05) is 6.20 Å². The molecule has 1 aromatic carbocycles. The Hall–Kier alpha value is -2.94. The molecule has 0 bridgehead atoms. The SMILES string of the molecule is COc1ccc(N([C@H](C)C(=O)N/N=C\c2ccccn2)S(C)(=O)=O)cc1. The number of nitrogens with one attached hydrogen (secondary N) is 1. The number of hydrogen-bond donors (Lipinski definition) is 1. The topological polar surface area (TPSA) is 101 Å². The quantitative estimate of drug-likeness (QED) is 0.581. The maximum atomic E-state index is 12.3. The van der Waals surface area contributed by atoms with Crippen LogP contribution in [0.5, 0.6) is 5.75 Å². The van der Waals surface area contributed by atoms with Gasteiger partial charge in [0.25, 0.3) is 5.91 Å². The summed E-state index contributed by atoms with van der Waals surface area (Å²) >= 11 is 0. The minimum Gasteiger partial charge on any atom is -0.497 e. The third kappa shape index (κ3) is 5.03. The molecule has 0 aliphatic rings. The highest BCUT2D eigenvalue weighted by Gasteiger charge is 2.29. The number of ether oxygens (including phenoxy) is 1. The minimum atomic E-state index is -3.69. The maximum absolute atomic E-state index is 12.3. The molecule has 1 aromatic heterocycles. The van der Waals surface area contributed by atoms with Crippen LogP contribution in [0.4, 0.5) is 5.69 Å². The first kappa shape index (κ1) is 19.4. The highest BCUT2D eigenvalue weighted by Crippen LogP contribution is 2.23. The average Bonchev–Trinajstić information content (AvgIpc) is 2.62. The summed E-state index contributed by atoms with van der Waals surface area (Å²) in [6.45, 7) is 1.48. The number of hydrazone groups is 1. The van der Waals surface area contributed by atoms with E-state index in [4.69, 9.17) is 4.74 Å². The molecule has 8 nitrogen and oxygen atoms in total. The van der Waals surface area contributed by atoms with Crippen molar-refractivity contribution >= 4 is 27.8 Å². The van der Waals surface area contributed by atoms with Gasteiger partial charge in [-0.3, -0.25) is 14.1 Å². The summed E-state index contributed by atoms with van der Waals surface area (Å²) in [7, 11) is -2.18. The van der Waals surface area contributed by atoms with Gasteiger partial charge < -0.3 is 4.74 Å². The summed E-state index contributed by atoms with van der Waals surface area (Å²) in [4.78, 5) is 16.4. The van der Waals surface area contributed by atoms with Crippen molar-refractivity contribution in [3.05, 3.63) is 54.4 Å². The molecule has 0 saturated heterocycles. The molecule has 1 heterocycles. The molecule has 0 unspecified atom stereocenters. The zero-order chi connectivity index (χ0) is 19.2. The molecule has 0 radical (unpaired) electrons. The van der Waals surface area contributed by atoms with Gasteiger partial charge in [-0.05, 0) is 43.3 Å². The third-order valence-electron chi connectivity index (χ3n) is 3.47. The molecule has 2 rings (SSSR count). The van der Waals surface area contributed by atoms with Gasteiger partial charge in [-0.2, -0.15) is 5.10 Å². The Morgan fingerprint density at radius 1 is 1.27 bits per heavy atom. The van der Waals surface area contributed by atoms with Crippen LogP contribution in [-0.4, -0.2) is 44.9 Å². The molecule has 0 fully saturated rings. The zero-order valence-corrected chi connectivity index (χ0v) is 15.5. The van der Waals surface area contributed by atoms with Crippen LogP contribution in [0.2, 0.25) is 0 Å². The highest BCUT2D eigenvalue weighted by molar-refractivity contribution is 7.92. The highest BCUT2D eigenvalue weighted by atomic mass is 32.2. The number of amides is 1. The Morgan fingerprint density at radius 2 is 1.96 bits per heavy atom. The lowest BCUT2D eigenvalue weighted by molar-refractivity contribution is -0.121. The summed E-state index contributed by atoms with van der Waals surface area (Å²) in [5.74, 6) is 0.0118. The van der Waals surface area contributed by atoms with Crippen molar-refractivity contribution in [3.63, 3.8) is 0 Å². The summed E-state index contributed by atoms with van der Waals surface area (Å²) in [6.07, 6.45) is 4.02. The van der Waals surface area contributed by atoms with E-state index in [1.165, 1.54) is 20.2 Å². The molecule has 26 heavy (non-hydrogen) atoms. The first-order chi connectivity index (χ1) is 12.3. The number of anilines is 1.